The number of carbonyl (C=O) groups excluding carboxylic acids is 1. The van der Waals surface area contributed by atoms with Crippen molar-refractivity contribution < 1.29 is 13.9 Å². The molecule has 2 aliphatic heterocycles. The Morgan fingerprint density at radius 3 is 2.85 bits per heavy atom. The lowest BCUT2D eigenvalue weighted by Gasteiger charge is -2.35. The molecule has 0 bridgehead atoms. The number of nitrogens with zero attached hydrogens (tertiary/aromatic N) is 3. The topological polar surface area (TPSA) is 58.8 Å². The van der Waals surface area contributed by atoms with E-state index in [2.05, 4.69) is 9.88 Å². The molecule has 0 N–H and O–H groups in total. The van der Waals surface area contributed by atoms with Gasteiger partial charge in [-0.2, -0.15) is 0 Å². The summed E-state index contributed by atoms with van der Waals surface area (Å²) in [6, 6.07) is 7.54. The number of carbonyl (C=O) groups is 1. The van der Waals surface area contributed by atoms with Gasteiger partial charge >= 0.3 is 0 Å². The van der Waals surface area contributed by atoms with Gasteiger partial charge in [-0.1, -0.05) is 23.7 Å². The highest BCUT2D eigenvalue weighted by atomic mass is 35.5. The second-order valence-corrected chi connectivity index (χ2v) is 7.17. The second kappa shape index (κ2) is 7.78. The van der Waals surface area contributed by atoms with Crippen molar-refractivity contribution in [3.63, 3.8) is 0 Å². The van der Waals surface area contributed by atoms with E-state index in [0.717, 1.165) is 50.3 Å². The van der Waals surface area contributed by atoms with E-state index in [1.807, 2.05) is 29.2 Å². The highest BCUT2D eigenvalue weighted by molar-refractivity contribution is 6.30. The summed E-state index contributed by atoms with van der Waals surface area (Å²) in [6.07, 6.45) is 3.34. The Hall–Kier alpha value is -1.89. The Labute approximate surface area is 157 Å². The van der Waals surface area contributed by atoms with Crippen molar-refractivity contribution in [3.05, 3.63) is 41.4 Å². The van der Waals surface area contributed by atoms with Crippen LogP contribution in [-0.2, 0) is 16.1 Å². The van der Waals surface area contributed by atoms with Crippen molar-refractivity contribution in [1.82, 2.24) is 14.8 Å². The number of oxazole rings is 1. The first-order chi connectivity index (χ1) is 12.7. The summed E-state index contributed by atoms with van der Waals surface area (Å²) in [4.78, 5) is 20.9. The number of piperazine rings is 1. The monoisotopic (exact) mass is 375 g/mol. The quantitative estimate of drug-likeness (QED) is 0.822. The molecule has 2 saturated heterocycles. The Kier molecular flexibility index (Phi) is 5.24. The Morgan fingerprint density at radius 2 is 2.12 bits per heavy atom. The van der Waals surface area contributed by atoms with Gasteiger partial charge in [0.25, 0.3) is 5.91 Å². The fraction of sp³-hybridized carbons (Fsp3) is 0.474. The molecule has 4 rings (SSSR count). The third-order valence-electron chi connectivity index (χ3n) is 4.91. The van der Waals surface area contributed by atoms with Crippen LogP contribution in [0.5, 0.6) is 0 Å². The summed E-state index contributed by atoms with van der Waals surface area (Å²) in [5, 5.41) is 0.674. The highest BCUT2D eigenvalue weighted by Gasteiger charge is 2.30. The molecule has 1 aromatic carbocycles. The van der Waals surface area contributed by atoms with E-state index in [0.29, 0.717) is 24.1 Å². The van der Waals surface area contributed by atoms with Crippen LogP contribution in [0.1, 0.15) is 18.7 Å². The predicted octanol–water partition coefficient (Wildman–Crippen LogP) is 2.82. The number of aromatic nitrogens is 1. The van der Waals surface area contributed by atoms with Gasteiger partial charge in [0.1, 0.15) is 6.10 Å². The largest absolute Gasteiger partial charge is 0.439 e. The highest BCUT2D eigenvalue weighted by Crippen LogP contribution is 2.24. The Morgan fingerprint density at radius 1 is 1.27 bits per heavy atom. The second-order valence-electron chi connectivity index (χ2n) is 6.73. The van der Waals surface area contributed by atoms with Crippen LogP contribution in [0.4, 0.5) is 0 Å². The molecule has 2 fully saturated rings. The van der Waals surface area contributed by atoms with Gasteiger partial charge in [0.05, 0.1) is 12.7 Å². The molecule has 2 aromatic rings. The van der Waals surface area contributed by atoms with E-state index in [1.165, 1.54) is 0 Å². The van der Waals surface area contributed by atoms with E-state index in [1.54, 1.807) is 6.20 Å². The van der Waals surface area contributed by atoms with E-state index >= 15 is 0 Å². The van der Waals surface area contributed by atoms with Crippen molar-refractivity contribution >= 4 is 17.5 Å². The minimum absolute atomic E-state index is 0.140. The summed E-state index contributed by atoms with van der Waals surface area (Å²) < 4.78 is 11.4. The zero-order valence-corrected chi connectivity index (χ0v) is 15.3. The summed E-state index contributed by atoms with van der Waals surface area (Å²) in [7, 11) is 0. The molecule has 1 aromatic heterocycles. The van der Waals surface area contributed by atoms with Gasteiger partial charge in [0.15, 0.2) is 5.76 Å². The molecule has 2 aliphatic rings. The van der Waals surface area contributed by atoms with Crippen LogP contribution in [0.15, 0.2) is 34.9 Å². The maximum absolute atomic E-state index is 12.4. The zero-order chi connectivity index (χ0) is 17.9. The van der Waals surface area contributed by atoms with Gasteiger partial charge in [-0.15, -0.1) is 0 Å². The number of amides is 1. The lowest BCUT2D eigenvalue weighted by Crippen LogP contribution is -2.51. The van der Waals surface area contributed by atoms with Crippen molar-refractivity contribution in [1.29, 1.82) is 0 Å². The minimum atomic E-state index is -0.228. The van der Waals surface area contributed by atoms with Gasteiger partial charge in [0, 0.05) is 43.4 Å². The molecular weight excluding hydrogens is 354 g/mol. The summed E-state index contributed by atoms with van der Waals surface area (Å²) in [5.41, 5.74) is 0.920. The molecule has 0 saturated carbocycles. The SMILES string of the molecule is O=C(C1CCCO1)N1CCN(Cc2ncc(-c3cccc(Cl)c3)o2)CC1. The molecule has 0 radical (unpaired) electrons. The zero-order valence-electron chi connectivity index (χ0n) is 14.6. The molecule has 7 heteroatoms. The van der Waals surface area contributed by atoms with Crippen LogP contribution in [0.2, 0.25) is 5.02 Å². The number of halogens is 1. The van der Waals surface area contributed by atoms with Crippen molar-refractivity contribution in [3.8, 4) is 11.3 Å². The smallest absolute Gasteiger partial charge is 0.251 e. The Bertz CT molecular complexity index is 765. The molecule has 1 atom stereocenters. The molecule has 3 heterocycles. The third kappa shape index (κ3) is 3.92. The van der Waals surface area contributed by atoms with Gasteiger partial charge < -0.3 is 14.1 Å². The lowest BCUT2D eigenvalue weighted by atomic mass is 10.2. The average Bonchev–Trinajstić information content (AvgIpc) is 3.34. The van der Waals surface area contributed by atoms with Crippen molar-refractivity contribution in [2.24, 2.45) is 0 Å². The molecule has 6 nitrogen and oxygen atoms in total. The molecule has 0 aliphatic carbocycles. The maximum Gasteiger partial charge on any atom is 0.251 e. The van der Waals surface area contributed by atoms with Crippen molar-refractivity contribution in [2.75, 3.05) is 32.8 Å². The first-order valence-corrected chi connectivity index (χ1v) is 9.40. The first kappa shape index (κ1) is 17.5. The van der Waals surface area contributed by atoms with E-state index in [4.69, 9.17) is 20.8 Å². The average molecular weight is 376 g/mol. The molecule has 26 heavy (non-hydrogen) atoms. The van der Waals surface area contributed by atoms with Gasteiger partial charge in [-0.25, -0.2) is 4.98 Å². The van der Waals surface area contributed by atoms with Crippen LogP contribution in [0.25, 0.3) is 11.3 Å². The third-order valence-corrected chi connectivity index (χ3v) is 5.15. The van der Waals surface area contributed by atoms with Crippen LogP contribution in [0, 0.1) is 0 Å². The van der Waals surface area contributed by atoms with Crippen LogP contribution >= 0.6 is 11.6 Å². The van der Waals surface area contributed by atoms with Gasteiger partial charge in [0.2, 0.25) is 5.89 Å². The van der Waals surface area contributed by atoms with Crippen LogP contribution in [0.3, 0.4) is 0 Å². The first-order valence-electron chi connectivity index (χ1n) is 9.02. The molecule has 0 spiro atoms. The molecular formula is C19H22ClN3O3. The van der Waals surface area contributed by atoms with E-state index in [9.17, 15) is 4.79 Å². The van der Waals surface area contributed by atoms with E-state index in [-0.39, 0.29) is 12.0 Å². The number of ether oxygens (including phenoxy) is 1. The lowest BCUT2D eigenvalue weighted by molar-refractivity contribution is -0.142. The predicted molar refractivity (Wildman–Crippen MR) is 97.8 cm³/mol. The summed E-state index contributed by atoms with van der Waals surface area (Å²) in [6.45, 7) is 4.42. The maximum atomic E-state index is 12.4. The molecule has 1 amide bonds. The van der Waals surface area contributed by atoms with Crippen LogP contribution < -0.4 is 0 Å². The van der Waals surface area contributed by atoms with Gasteiger partial charge in [-0.05, 0) is 25.0 Å². The molecule has 1 unspecified atom stereocenters. The fourth-order valence-corrected chi connectivity index (χ4v) is 3.64. The number of rotatable bonds is 4. The molecule has 138 valence electrons. The minimum Gasteiger partial charge on any atom is -0.439 e. The van der Waals surface area contributed by atoms with Crippen LogP contribution in [-0.4, -0.2) is 59.6 Å². The normalized spacial score (nSPS) is 21.3. The number of hydrogen-bond donors (Lipinski definition) is 0. The fourth-order valence-electron chi connectivity index (χ4n) is 3.45. The number of benzene rings is 1. The van der Waals surface area contributed by atoms with Gasteiger partial charge in [-0.3, -0.25) is 9.69 Å². The summed E-state index contributed by atoms with van der Waals surface area (Å²) >= 11 is 6.03. The van der Waals surface area contributed by atoms with Crippen molar-refractivity contribution in [2.45, 2.75) is 25.5 Å². The number of hydrogen-bond acceptors (Lipinski definition) is 5. The summed E-state index contributed by atoms with van der Waals surface area (Å²) in [5.74, 6) is 1.54. The standard InChI is InChI=1S/C19H22ClN3O3/c20-15-4-1-3-14(11-15)17-12-21-18(26-17)13-22-6-8-23(9-7-22)19(24)16-5-2-10-25-16/h1,3-4,11-12,16H,2,5-10,13H2. The van der Waals surface area contributed by atoms with E-state index < -0.39 is 0 Å². The Balaban J connectivity index is 1.31.